The third-order valence-electron chi connectivity index (χ3n) is 4.76. The van der Waals surface area contributed by atoms with E-state index in [2.05, 4.69) is 20.8 Å². The zero-order valence-corrected chi connectivity index (χ0v) is 16.4. The second-order valence-electron chi connectivity index (χ2n) is 6.96. The molecular formula is C20H21N5O3S. The van der Waals surface area contributed by atoms with Crippen molar-refractivity contribution in [3.8, 4) is 0 Å². The van der Waals surface area contributed by atoms with Crippen molar-refractivity contribution in [1.29, 1.82) is 0 Å². The molecule has 0 radical (unpaired) electrons. The second kappa shape index (κ2) is 8.44. The van der Waals surface area contributed by atoms with E-state index < -0.39 is 11.9 Å². The summed E-state index contributed by atoms with van der Waals surface area (Å²) < 4.78 is 7.64. The van der Waals surface area contributed by atoms with Crippen LogP contribution in [0.15, 0.2) is 53.1 Å². The van der Waals surface area contributed by atoms with Gasteiger partial charge in [-0.2, -0.15) is 5.10 Å². The second-order valence-corrected chi connectivity index (χ2v) is 7.34. The number of aromatic amines is 1. The minimum absolute atomic E-state index is 0.158. The molecule has 1 fully saturated rings. The minimum atomic E-state index is -0.758. The first-order valence-electron chi connectivity index (χ1n) is 9.43. The summed E-state index contributed by atoms with van der Waals surface area (Å²) in [4.78, 5) is 25.3. The molecule has 8 nitrogen and oxygen atoms in total. The largest absolute Gasteiger partial charge is 0.459 e. The lowest BCUT2D eigenvalue weighted by atomic mass is 10.1. The lowest BCUT2D eigenvalue weighted by molar-refractivity contribution is -0.123. The number of rotatable bonds is 8. The highest BCUT2D eigenvalue weighted by atomic mass is 32.1. The third kappa shape index (κ3) is 4.62. The molecule has 4 rings (SSSR count). The van der Waals surface area contributed by atoms with Crippen molar-refractivity contribution in [2.45, 2.75) is 37.9 Å². The van der Waals surface area contributed by atoms with E-state index >= 15 is 0 Å². The van der Waals surface area contributed by atoms with Crippen molar-refractivity contribution in [3.05, 3.63) is 70.6 Å². The summed E-state index contributed by atoms with van der Waals surface area (Å²) in [7, 11) is 0. The van der Waals surface area contributed by atoms with Crippen LogP contribution in [0.25, 0.3) is 0 Å². The summed E-state index contributed by atoms with van der Waals surface area (Å²) in [5.41, 5.74) is 0.938. The molecule has 2 amide bonds. The van der Waals surface area contributed by atoms with Crippen LogP contribution in [0, 0.1) is 4.77 Å². The number of H-pyrrole nitrogens is 1. The molecule has 9 heteroatoms. The van der Waals surface area contributed by atoms with Gasteiger partial charge < -0.3 is 15.1 Å². The molecule has 1 unspecified atom stereocenters. The Labute approximate surface area is 172 Å². The number of carbonyl (C=O) groups is 2. The van der Waals surface area contributed by atoms with Crippen molar-refractivity contribution in [1.82, 2.24) is 25.4 Å². The topological polar surface area (TPSA) is 105 Å². The van der Waals surface area contributed by atoms with Gasteiger partial charge in [0.15, 0.2) is 16.4 Å². The summed E-state index contributed by atoms with van der Waals surface area (Å²) in [6.07, 6.45) is 3.89. The Kier molecular flexibility index (Phi) is 5.57. The van der Waals surface area contributed by atoms with Gasteiger partial charge in [0.1, 0.15) is 6.04 Å². The zero-order chi connectivity index (χ0) is 20.2. The van der Waals surface area contributed by atoms with Gasteiger partial charge in [0.25, 0.3) is 5.91 Å². The zero-order valence-electron chi connectivity index (χ0n) is 15.6. The van der Waals surface area contributed by atoms with Crippen molar-refractivity contribution in [2.75, 3.05) is 0 Å². The molecule has 1 aromatic carbocycles. The van der Waals surface area contributed by atoms with Crippen LogP contribution in [0.1, 0.15) is 40.8 Å². The van der Waals surface area contributed by atoms with Gasteiger partial charge in [-0.25, -0.2) is 0 Å². The van der Waals surface area contributed by atoms with E-state index in [0.29, 0.717) is 23.1 Å². The Hall–Kier alpha value is -3.20. The predicted octanol–water partition coefficient (Wildman–Crippen LogP) is 2.53. The van der Waals surface area contributed by atoms with Gasteiger partial charge in [0.05, 0.1) is 12.8 Å². The molecule has 1 atom stereocenters. The number of nitrogens with zero attached hydrogens (tertiary/aromatic N) is 2. The molecular weight excluding hydrogens is 390 g/mol. The van der Waals surface area contributed by atoms with Gasteiger partial charge in [-0.05, 0) is 42.8 Å². The van der Waals surface area contributed by atoms with Crippen LogP contribution in [-0.2, 0) is 17.8 Å². The Morgan fingerprint density at radius 3 is 2.72 bits per heavy atom. The van der Waals surface area contributed by atoms with Gasteiger partial charge in [0.2, 0.25) is 5.91 Å². The molecule has 2 aromatic heterocycles. The molecule has 0 saturated heterocycles. The van der Waals surface area contributed by atoms with E-state index in [0.717, 1.165) is 18.4 Å². The highest BCUT2D eigenvalue weighted by Gasteiger charge is 2.28. The highest BCUT2D eigenvalue weighted by Crippen LogP contribution is 2.35. The maximum Gasteiger partial charge on any atom is 0.287 e. The fraction of sp³-hybridized carbons (Fsp3) is 0.300. The molecule has 1 saturated carbocycles. The van der Waals surface area contributed by atoms with Crippen LogP contribution in [0.3, 0.4) is 0 Å². The number of carbonyl (C=O) groups excluding carboxylic acids is 2. The molecule has 29 heavy (non-hydrogen) atoms. The fourth-order valence-electron chi connectivity index (χ4n) is 3.16. The number of aromatic nitrogens is 3. The Morgan fingerprint density at radius 1 is 1.24 bits per heavy atom. The first kappa shape index (κ1) is 19.1. The first-order valence-corrected chi connectivity index (χ1v) is 9.84. The number of hydrogen-bond donors (Lipinski definition) is 3. The molecule has 2 heterocycles. The van der Waals surface area contributed by atoms with Gasteiger partial charge in [-0.3, -0.25) is 19.3 Å². The molecule has 1 aliphatic rings. The number of furan rings is 1. The van der Waals surface area contributed by atoms with Gasteiger partial charge in [0, 0.05) is 12.5 Å². The SMILES string of the molecule is O=C(NC(Cc1ccccc1)C(=O)NCc1n[nH]c(=S)n1C1CC1)c1ccco1. The van der Waals surface area contributed by atoms with Gasteiger partial charge in [-0.15, -0.1) is 0 Å². The summed E-state index contributed by atoms with van der Waals surface area (Å²) in [5, 5.41) is 12.6. The van der Waals surface area contributed by atoms with Crippen LogP contribution >= 0.6 is 12.2 Å². The van der Waals surface area contributed by atoms with Crippen molar-refractivity contribution < 1.29 is 14.0 Å². The summed E-state index contributed by atoms with van der Waals surface area (Å²) in [6.45, 7) is 0.227. The average molecular weight is 411 g/mol. The lowest BCUT2D eigenvalue weighted by Gasteiger charge is -2.18. The maximum atomic E-state index is 12.9. The molecule has 3 aromatic rings. The maximum absolute atomic E-state index is 12.9. The number of benzene rings is 1. The minimum Gasteiger partial charge on any atom is -0.459 e. The summed E-state index contributed by atoms with van der Waals surface area (Å²) in [6, 6.07) is 12.3. The quantitative estimate of drug-likeness (QED) is 0.494. The van der Waals surface area contributed by atoms with E-state index in [1.807, 2.05) is 34.9 Å². The molecule has 150 valence electrons. The van der Waals surface area contributed by atoms with Crippen LogP contribution in [0.4, 0.5) is 0 Å². The van der Waals surface area contributed by atoms with E-state index in [1.54, 1.807) is 12.1 Å². The van der Waals surface area contributed by atoms with Crippen molar-refractivity contribution in [3.63, 3.8) is 0 Å². The van der Waals surface area contributed by atoms with Crippen LogP contribution in [0.5, 0.6) is 0 Å². The Bertz CT molecular complexity index is 1040. The summed E-state index contributed by atoms with van der Waals surface area (Å²) in [5.74, 6) is 0.101. The molecule has 1 aliphatic carbocycles. The van der Waals surface area contributed by atoms with Crippen molar-refractivity contribution in [2.24, 2.45) is 0 Å². The van der Waals surface area contributed by atoms with Gasteiger partial charge >= 0.3 is 0 Å². The standard InChI is InChI=1S/C20H21N5O3S/c26-18(21-12-17-23-24-20(29)25(17)14-8-9-14)15(11-13-5-2-1-3-6-13)22-19(27)16-7-4-10-28-16/h1-7,10,14-15H,8-9,11-12H2,(H,21,26)(H,22,27)(H,24,29). The van der Waals surface area contributed by atoms with Gasteiger partial charge in [-0.1, -0.05) is 30.3 Å². The number of nitrogens with one attached hydrogen (secondary N) is 3. The van der Waals surface area contributed by atoms with E-state index in [-0.39, 0.29) is 18.2 Å². The van der Waals surface area contributed by atoms with Crippen LogP contribution in [0.2, 0.25) is 0 Å². The van der Waals surface area contributed by atoms with E-state index in [1.165, 1.54) is 6.26 Å². The normalized spacial score (nSPS) is 14.3. The van der Waals surface area contributed by atoms with E-state index in [9.17, 15) is 9.59 Å². The molecule has 0 aliphatic heterocycles. The number of hydrogen-bond acceptors (Lipinski definition) is 5. The van der Waals surface area contributed by atoms with Crippen LogP contribution < -0.4 is 10.6 Å². The first-order chi connectivity index (χ1) is 14.1. The molecule has 0 spiro atoms. The summed E-state index contributed by atoms with van der Waals surface area (Å²) >= 11 is 5.27. The third-order valence-corrected chi connectivity index (χ3v) is 5.05. The predicted molar refractivity (Wildman–Crippen MR) is 108 cm³/mol. The number of amides is 2. The van der Waals surface area contributed by atoms with Crippen molar-refractivity contribution >= 4 is 24.0 Å². The fourth-order valence-corrected chi connectivity index (χ4v) is 3.46. The Balaban J connectivity index is 1.46. The smallest absolute Gasteiger partial charge is 0.287 e. The Morgan fingerprint density at radius 2 is 2.03 bits per heavy atom. The van der Waals surface area contributed by atoms with E-state index in [4.69, 9.17) is 16.6 Å². The molecule has 0 bridgehead atoms. The molecule has 3 N–H and O–H groups in total. The van der Waals surface area contributed by atoms with Crippen LogP contribution in [-0.4, -0.2) is 32.6 Å². The monoisotopic (exact) mass is 411 g/mol. The average Bonchev–Trinajstić information content (AvgIpc) is 3.26. The lowest BCUT2D eigenvalue weighted by Crippen LogP contribution is -2.48. The highest BCUT2D eigenvalue weighted by molar-refractivity contribution is 7.71.